The minimum atomic E-state index is -0.668. The van der Waals surface area contributed by atoms with Gasteiger partial charge in [-0.15, -0.1) is 68.0 Å². The molecular weight excluding hydrogens is 1320 g/mol. The lowest BCUT2D eigenvalue weighted by atomic mass is 10.0. The van der Waals surface area contributed by atoms with E-state index in [1.807, 2.05) is 126 Å². The van der Waals surface area contributed by atoms with Crippen LogP contribution in [0.1, 0.15) is 147 Å². The molecular formula is C68H91N7O13S6. The number of esters is 1. The number of nitrogens with one attached hydrogen (secondary N) is 3. The van der Waals surface area contributed by atoms with Crippen LogP contribution in [0, 0.1) is 0 Å². The largest absolute Gasteiger partial charge is 0.469 e. The molecule has 7 aromatic rings. The van der Waals surface area contributed by atoms with Crippen molar-refractivity contribution in [2.24, 2.45) is 5.73 Å². The van der Waals surface area contributed by atoms with Gasteiger partial charge < -0.3 is 54.8 Å². The van der Waals surface area contributed by atoms with Crippen LogP contribution in [0.4, 0.5) is 24.0 Å². The number of carbonyl (C=O) groups is 6. The molecule has 94 heavy (non-hydrogen) atoms. The molecule has 512 valence electrons. The Kier molecular flexibility index (Phi) is 33.5. The monoisotopic (exact) mass is 1410 g/mol. The molecule has 1 aromatic carbocycles. The molecule has 6 aromatic heterocycles. The van der Waals surface area contributed by atoms with Gasteiger partial charge in [0.25, 0.3) is 0 Å². The third kappa shape index (κ3) is 28.8. The molecule has 0 unspecified atom stereocenters. The Morgan fingerprint density at radius 2 is 0.904 bits per heavy atom. The van der Waals surface area contributed by atoms with Gasteiger partial charge >= 0.3 is 36.4 Å². The van der Waals surface area contributed by atoms with Crippen LogP contribution in [0.5, 0.6) is 11.5 Å². The van der Waals surface area contributed by atoms with Gasteiger partial charge in [-0.1, -0.05) is 102 Å². The van der Waals surface area contributed by atoms with Crippen molar-refractivity contribution in [2.75, 3.05) is 33.7 Å². The Labute approximate surface area is 577 Å². The lowest BCUT2D eigenvalue weighted by Gasteiger charge is -2.25. The molecule has 0 saturated carbocycles. The molecule has 0 radical (unpaired) electrons. The number of carbonyl (C=O) groups excluding carboxylic acids is 6. The maximum Gasteiger partial charge on any atom is 0.410 e. The predicted molar refractivity (Wildman–Crippen MR) is 375 cm³/mol. The fraction of sp³-hybridized carbons (Fsp3) is 0.471. The third-order valence-corrected chi connectivity index (χ3v) is 19.2. The second-order valence-electron chi connectivity index (χ2n) is 23.1. The van der Waals surface area contributed by atoms with Crippen molar-refractivity contribution in [3.8, 4) is 11.5 Å². The maximum absolute atomic E-state index is 13.2. The number of nitrogens with two attached hydrogens (primary N) is 1. The predicted octanol–water partition coefficient (Wildman–Crippen LogP) is 16.3. The summed E-state index contributed by atoms with van der Waals surface area (Å²) in [6.07, 6.45) is 6.38. The van der Waals surface area contributed by atoms with Gasteiger partial charge in [0.15, 0.2) is 11.5 Å². The number of urea groups is 1. The van der Waals surface area contributed by atoms with E-state index in [0.717, 1.165) is 80.6 Å². The average molecular weight is 1410 g/mol. The lowest BCUT2D eigenvalue weighted by Crippen LogP contribution is -2.46. The number of thiophene rings is 6. The zero-order valence-corrected chi connectivity index (χ0v) is 59.7. The molecule has 5 N–H and O–H groups in total. The number of benzene rings is 1. The van der Waals surface area contributed by atoms with Crippen LogP contribution < -0.4 is 31.2 Å². The van der Waals surface area contributed by atoms with Crippen molar-refractivity contribution >= 4 is 104 Å². The number of alkyl carbamates (subject to hydrolysis) is 1. The van der Waals surface area contributed by atoms with E-state index in [2.05, 4.69) is 36.7 Å². The highest BCUT2D eigenvalue weighted by atomic mass is 32.1. The molecule has 0 fully saturated rings. The number of ether oxygens (including phenoxy) is 7. The summed E-state index contributed by atoms with van der Waals surface area (Å²) in [6, 6.07) is 27.2. The van der Waals surface area contributed by atoms with Gasteiger partial charge in [-0.05, 0) is 126 Å². The molecule has 4 atom stereocenters. The number of hydrogen-bond donors (Lipinski definition) is 4. The Hall–Kier alpha value is -7.20. The Bertz CT molecular complexity index is 3130. The Morgan fingerprint density at radius 1 is 0.521 bits per heavy atom. The summed E-state index contributed by atoms with van der Waals surface area (Å²) in [5.41, 5.74) is 6.08. The summed E-state index contributed by atoms with van der Waals surface area (Å²) in [5.74, 6) is 0.673. The van der Waals surface area contributed by atoms with Crippen molar-refractivity contribution in [3.63, 3.8) is 0 Å². The van der Waals surface area contributed by atoms with E-state index >= 15 is 0 Å². The first-order valence-electron chi connectivity index (χ1n) is 31.6. The number of nitrogens with zero attached hydrogens (tertiary/aromatic N) is 3. The first-order chi connectivity index (χ1) is 45.4. The van der Waals surface area contributed by atoms with Crippen LogP contribution in [0.2, 0.25) is 0 Å². The highest BCUT2D eigenvalue weighted by molar-refractivity contribution is 7.11. The van der Waals surface area contributed by atoms with Crippen LogP contribution in [0.15, 0.2) is 123 Å². The molecule has 0 aliphatic carbocycles. The minimum absolute atomic E-state index is 0.0172. The molecule has 0 bridgehead atoms. The van der Waals surface area contributed by atoms with Gasteiger partial charge in [-0.3, -0.25) is 19.5 Å². The van der Waals surface area contributed by atoms with Gasteiger partial charge in [0, 0.05) is 35.3 Å². The van der Waals surface area contributed by atoms with E-state index in [4.69, 9.17) is 38.9 Å². The summed E-state index contributed by atoms with van der Waals surface area (Å²) in [7, 11) is 1.30. The van der Waals surface area contributed by atoms with Crippen molar-refractivity contribution in [1.82, 2.24) is 30.7 Å². The van der Waals surface area contributed by atoms with E-state index in [0.29, 0.717) is 62.8 Å². The molecule has 1 aliphatic heterocycles. The number of fused-ring (bicyclic) bond motifs is 1. The van der Waals surface area contributed by atoms with E-state index in [-0.39, 0.29) is 57.3 Å². The van der Waals surface area contributed by atoms with E-state index in [1.165, 1.54) is 7.11 Å². The van der Waals surface area contributed by atoms with Crippen molar-refractivity contribution in [3.05, 3.63) is 158 Å². The molecule has 0 saturated heterocycles. The van der Waals surface area contributed by atoms with Crippen molar-refractivity contribution in [1.29, 1.82) is 0 Å². The van der Waals surface area contributed by atoms with Gasteiger partial charge in [0.1, 0.15) is 25.4 Å². The number of amides is 6. The van der Waals surface area contributed by atoms with Gasteiger partial charge in [-0.25, -0.2) is 24.0 Å². The van der Waals surface area contributed by atoms with Gasteiger partial charge in [0.2, 0.25) is 6.79 Å². The smallest absolute Gasteiger partial charge is 0.410 e. The molecule has 8 rings (SSSR count). The van der Waals surface area contributed by atoms with Crippen LogP contribution >= 0.6 is 68.0 Å². The van der Waals surface area contributed by atoms with Crippen LogP contribution in [0.25, 0.3) is 0 Å². The molecule has 26 heteroatoms. The van der Waals surface area contributed by atoms with E-state index in [9.17, 15) is 28.8 Å². The molecule has 20 nitrogen and oxygen atoms in total. The van der Waals surface area contributed by atoms with E-state index < -0.39 is 41.9 Å². The van der Waals surface area contributed by atoms with Gasteiger partial charge in [-0.2, -0.15) is 0 Å². The van der Waals surface area contributed by atoms with Crippen LogP contribution in [0.3, 0.4) is 0 Å². The highest BCUT2D eigenvalue weighted by Gasteiger charge is 2.27. The number of hydrogen-bond acceptors (Lipinski definition) is 20. The standard InChI is InChI=1S/C29H35N3O7S2.C22H32N2O4S2.C17H24N2O2S2/c1-3-4-7-21(18-37-29(35)32(16-22-8-5-12-40-22)17-23-9-6-13-41-23)30-28(34)31-24(15-27(33)36-2)20-10-11-25-26(14-20)39-19-38-25;1-5-6-9-17(23-20(25)28-22(2,3)4)16-27-21(26)24(14-18-10-7-12-29-18)15-19-11-8-13-30-19;1-2-3-6-14(18)13-21-17(20)19(11-15-7-4-9-22-15)12-16-8-5-10-23-16/h5-6,8-14,21,24H,3-4,7,15-19H2,1-2H3,(H2,30,31,34);7-8,10-13,17H,5-6,9,14-16H2,1-4H3,(H,23,25);4-5,7-10,14H,2-3,6,11-13,18H2,1H3/t21-,24-;17-;14-/m000/s1. The fourth-order valence-corrected chi connectivity index (χ4v) is 13.5. The summed E-state index contributed by atoms with van der Waals surface area (Å²) in [5, 5.41) is 20.6. The topological polar surface area (TPSA) is 239 Å². The number of rotatable bonds is 33. The SMILES string of the molecule is CCCC[C@@H](COC(=O)N(Cc1cccs1)Cc1cccs1)NC(=O)N[C@@H](CC(=O)OC)c1ccc2c(c1)OCO2.CCCC[C@@H](COC(=O)N(Cc1cccs1)Cc1cccs1)NC(=O)OC(C)(C)C.CCCC[C@H](N)COC(=O)N(Cc1cccs1)Cc1cccs1. The maximum atomic E-state index is 13.2. The third-order valence-electron chi connectivity index (χ3n) is 14.1. The van der Waals surface area contributed by atoms with Crippen molar-refractivity contribution in [2.45, 2.75) is 175 Å². The first kappa shape index (κ1) is 75.8. The second kappa shape index (κ2) is 41.6. The lowest BCUT2D eigenvalue weighted by molar-refractivity contribution is -0.141. The highest BCUT2D eigenvalue weighted by Crippen LogP contribution is 2.35. The zero-order chi connectivity index (χ0) is 67.5. The fourth-order valence-electron chi connectivity index (χ4n) is 9.23. The quantitative estimate of drug-likeness (QED) is 0.0221. The zero-order valence-electron chi connectivity index (χ0n) is 54.8. The Morgan fingerprint density at radius 3 is 1.28 bits per heavy atom. The second-order valence-corrected chi connectivity index (χ2v) is 29.3. The van der Waals surface area contributed by atoms with E-state index in [1.54, 1.807) is 101 Å². The number of methoxy groups -OCH3 is 1. The molecule has 6 amide bonds. The van der Waals surface area contributed by atoms with Crippen molar-refractivity contribution < 1.29 is 61.9 Å². The first-order valence-corrected chi connectivity index (χ1v) is 36.9. The van der Waals surface area contributed by atoms with Crippen LogP contribution in [-0.4, -0.2) is 109 Å². The summed E-state index contributed by atoms with van der Waals surface area (Å²) >= 11 is 9.68. The van der Waals surface area contributed by atoms with Gasteiger partial charge in [0.05, 0.1) is 70.9 Å². The Balaban J connectivity index is 0.000000234. The summed E-state index contributed by atoms with van der Waals surface area (Å²) in [6.45, 7) is 15.3. The van der Waals surface area contributed by atoms with Crippen LogP contribution in [-0.2, 0) is 67.7 Å². The normalized spacial score (nSPS) is 12.6. The summed E-state index contributed by atoms with van der Waals surface area (Å²) < 4.78 is 37.8. The summed E-state index contributed by atoms with van der Waals surface area (Å²) in [4.78, 5) is 87.6. The minimum Gasteiger partial charge on any atom is -0.469 e. The average Bonchev–Trinajstić information content (AvgIpc) is 1.63. The molecule has 1 aliphatic rings. The number of unbranched alkanes of at least 4 members (excludes halogenated alkanes) is 3. The molecule has 7 heterocycles. The molecule has 0 spiro atoms.